The number of aromatic nitrogens is 2. The average molecular weight is 295 g/mol. The highest BCUT2D eigenvalue weighted by Gasteiger charge is 2.07. The predicted molar refractivity (Wildman–Crippen MR) is 86.5 cm³/mol. The van der Waals surface area contributed by atoms with Crippen molar-refractivity contribution in [3.8, 4) is 22.8 Å². The molecule has 0 atom stereocenters. The molecule has 0 spiro atoms. The summed E-state index contributed by atoms with van der Waals surface area (Å²) in [6.07, 6.45) is 0.811. The molecular formula is C17H17N3O2. The molecule has 0 aliphatic heterocycles. The summed E-state index contributed by atoms with van der Waals surface area (Å²) in [6, 6.07) is 14.1. The normalized spacial score (nSPS) is 10.6. The standard InChI is InChI=1S/C17H17N3O2/c1-2-11-9-14(22)7-8-15(11)18-17-10-16(19-20-17)12-3-5-13(21)6-4-12/h3-10,21-22H,2H2,1H3,(H2,18,19,20). The van der Waals surface area contributed by atoms with E-state index in [1.165, 1.54) is 0 Å². The number of aromatic amines is 1. The third-order valence-corrected chi connectivity index (χ3v) is 3.49. The average Bonchev–Trinajstić information content (AvgIpc) is 2.98. The zero-order valence-corrected chi connectivity index (χ0v) is 12.2. The van der Waals surface area contributed by atoms with Gasteiger partial charge in [0.2, 0.25) is 0 Å². The molecule has 3 aromatic rings. The summed E-state index contributed by atoms with van der Waals surface area (Å²) in [5.74, 6) is 1.19. The molecule has 0 fully saturated rings. The lowest BCUT2D eigenvalue weighted by Crippen LogP contribution is -1.95. The van der Waals surface area contributed by atoms with Crippen LogP contribution in [0.2, 0.25) is 0 Å². The number of hydrogen-bond donors (Lipinski definition) is 4. The molecule has 2 aromatic carbocycles. The van der Waals surface area contributed by atoms with Crippen LogP contribution in [0.5, 0.6) is 11.5 Å². The van der Waals surface area contributed by atoms with Gasteiger partial charge in [0.1, 0.15) is 11.5 Å². The molecular weight excluding hydrogens is 278 g/mol. The molecule has 112 valence electrons. The summed E-state index contributed by atoms with van der Waals surface area (Å²) in [5.41, 5.74) is 3.75. The van der Waals surface area contributed by atoms with Crippen LogP contribution in [0, 0.1) is 0 Å². The first kappa shape index (κ1) is 14.0. The van der Waals surface area contributed by atoms with Crippen molar-refractivity contribution < 1.29 is 10.2 Å². The minimum atomic E-state index is 0.235. The molecule has 4 N–H and O–H groups in total. The Kier molecular flexibility index (Phi) is 3.70. The fourth-order valence-corrected chi connectivity index (χ4v) is 2.31. The van der Waals surface area contributed by atoms with Gasteiger partial charge in [-0.25, -0.2) is 0 Å². The zero-order chi connectivity index (χ0) is 15.5. The van der Waals surface area contributed by atoms with Crippen LogP contribution >= 0.6 is 0 Å². The number of phenolic OH excluding ortho intramolecular Hbond substituents is 2. The summed E-state index contributed by atoms with van der Waals surface area (Å²) >= 11 is 0. The van der Waals surface area contributed by atoms with E-state index in [1.807, 2.05) is 31.2 Å². The second kappa shape index (κ2) is 5.81. The van der Waals surface area contributed by atoms with Crippen molar-refractivity contribution in [3.05, 3.63) is 54.1 Å². The molecule has 0 saturated carbocycles. The van der Waals surface area contributed by atoms with Gasteiger partial charge in [-0.1, -0.05) is 6.92 Å². The maximum Gasteiger partial charge on any atom is 0.152 e. The van der Waals surface area contributed by atoms with Gasteiger partial charge in [-0.05, 0) is 60.0 Å². The molecule has 1 aromatic heterocycles. The fourth-order valence-electron chi connectivity index (χ4n) is 2.31. The summed E-state index contributed by atoms with van der Waals surface area (Å²) in [7, 11) is 0. The highest BCUT2D eigenvalue weighted by Crippen LogP contribution is 2.27. The van der Waals surface area contributed by atoms with Crippen LogP contribution in [0.25, 0.3) is 11.3 Å². The van der Waals surface area contributed by atoms with E-state index in [0.29, 0.717) is 5.82 Å². The van der Waals surface area contributed by atoms with Crippen LogP contribution in [-0.2, 0) is 6.42 Å². The van der Waals surface area contributed by atoms with E-state index in [2.05, 4.69) is 15.5 Å². The SMILES string of the molecule is CCc1cc(O)ccc1Nc1cc(-c2ccc(O)cc2)[nH]n1. The number of aryl methyl sites for hydroxylation is 1. The first-order valence-corrected chi connectivity index (χ1v) is 7.09. The second-order valence-electron chi connectivity index (χ2n) is 5.03. The van der Waals surface area contributed by atoms with Gasteiger partial charge < -0.3 is 15.5 Å². The quantitative estimate of drug-likeness (QED) is 0.552. The molecule has 5 heteroatoms. The molecule has 0 bridgehead atoms. The van der Waals surface area contributed by atoms with Gasteiger partial charge in [0, 0.05) is 11.8 Å². The highest BCUT2D eigenvalue weighted by atomic mass is 16.3. The lowest BCUT2D eigenvalue weighted by atomic mass is 10.1. The van der Waals surface area contributed by atoms with E-state index in [9.17, 15) is 10.2 Å². The minimum Gasteiger partial charge on any atom is -0.508 e. The Bertz CT molecular complexity index is 779. The van der Waals surface area contributed by atoms with Crippen molar-refractivity contribution in [1.82, 2.24) is 10.2 Å². The number of anilines is 2. The summed E-state index contributed by atoms with van der Waals surface area (Å²) in [5, 5.41) is 29.3. The molecule has 22 heavy (non-hydrogen) atoms. The van der Waals surface area contributed by atoms with Gasteiger partial charge in [-0.15, -0.1) is 0 Å². The third kappa shape index (κ3) is 2.88. The van der Waals surface area contributed by atoms with Crippen LogP contribution in [0.4, 0.5) is 11.5 Å². The monoisotopic (exact) mass is 295 g/mol. The Labute approximate surface area is 128 Å². The van der Waals surface area contributed by atoms with E-state index < -0.39 is 0 Å². The van der Waals surface area contributed by atoms with E-state index in [1.54, 1.807) is 24.3 Å². The smallest absolute Gasteiger partial charge is 0.152 e. The van der Waals surface area contributed by atoms with Crippen molar-refractivity contribution in [2.24, 2.45) is 0 Å². The molecule has 1 heterocycles. The Morgan fingerprint density at radius 1 is 1.00 bits per heavy atom. The van der Waals surface area contributed by atoms with Gasteiger partial charge in [-0.3, -0.25) is 5.10 Å². The number of nitrogens with one attached hydrogen (secondary N) is 2. The lowest BCUT2D eigenvalue weighted by molar-refractivity contribution is 0.474. The molecule has 0 aliphatic carbocycles. The second-order valence-corrected chi connectivity index (χ2v) is 5.03. The molecule has 0 unspecified atom stereocenters. The van der Waals surface area contributed by atoms with Gasteiger partial charge in [-0.2, -0.15) is 5.10 Å². The number of aromatic hydroxyl groups is 2. The molecule has 0 amide bonds. The van der Waals surface area contributed by atoms with Gasteiger partial charge >= 0.3 is 0 Å². The van der Waals surface area contributed by atoms with E-state index in [4.69, 9.17) is 0 Å². The number of nitrogens with zero attached hydrogens (tertiary/aromatic N) is 1. The van der Waals surface area contributed by atoms with Crippen LogP contribution in [-0.4, -0.2) is 20.4 Å². The van der Waals surface area contributed by atoms with E-state index in [0.717, 1.165) is 28.9 Å². The van der Waals surface area contributed by atoms with Crippen molar-refractivity contribution in [2.45, 2.75) is 13.3 Å². The number of rotatable bonds is 4. The van der Waals surface area contributed by atoms with E-state index in [-0.39, 0.29) is 11.5 Å². The van der Waals surface area contributed by atoms with Crippen LogP contribution in [0.15, 0.2) is 48.5 Å². The number of phenols is 2. The van der Waals surface area contributed by atoms with Gasteiger partial charge in [0.15, 0.2) is 5.82 Å². The first-order valence-electron chi connectivity index (χ1n) is 7.09. The minimum absolute atomic E-state index is 0.235. The third-order valence-electron chi connectivity index (χ3n) is 3.49. The summed E-state index contributed by atoms with van der Waals surface area (Å²) in [4.78, 5) is 0. The number of H-pyrrole nitrogens is 1. The maximum atomic E-state index is 9.54. The lowest BCUT2D eigenvalue weighted by Gasteiger charge is -2.08. The van der Waals surface area contributed by atoms with Crippen molar-refractivity contribution in [2.75, 3.05) is 5.32 Å². The van der Waals surface area contributed by atoms with Crippen LogP contribution < -0.4 is 5.32 Å². The molecule has 0 saturated heterocycles. The maximum absolute atomic E-state index is 9.54. The van der Waals surface area contributed by atoms with Crippen LogP contribution in [0.1, 0.15) is 12.5 Å². The van der Waals surface area contributed by atoms with Crippen molar-refractivity contribution in [1.29, 1.82) is 0 Å². The van der Waals surface area contributed by atoms with Gasteiger partial charge in [0.25, 0.3) is 0 Å². The highest BCUT2D eigenvalue weighted by molar-refractivity contribution is 5.68. The summed E-state index contributed by atoms with van der Waals surface area (Å²) in [6.45, 7) is 2.03. The molecule has 3 rings (SSSR count). The zero-order valence-electron chi connectivity index (χ0n) is 12.2. The largest absolute Gasteiger partial charge is 0.508 e. The summed E-state index contributed by atoms with van der Waals surface area (Å²) < 4.78 is 0. The fraction of sp³-hybridized carbons (Fsp3) is 0.118. The Morgan fingerprint density at radius 2 is 1.73 bits per heavy atom. The van der Waals surface area contributed by atoms with Crippen molar-refractivity contribution in [3.63, 3.8) is 0 Å². The Balaban J connectivity index is 1.84. The first-order chi connectivity index (χ1) is 10.7. The van der Waals surface area contributed by atoms with Crippen molar-refractivity contribution >= 4 is 11.5 Å². The number of hydrogen-bond acceptors (Lipinski definition) is 4. The molecule has 0 radical (unpaired) electrons. The Morgan fingerprint density at radius 3 is 2.45 bits per heavy atom. The topological polar surface area (TPSA) is 81.2 Å². The number of benzene rings is 2. The molecule has 0 aliphatic rings. The predicted octanol–water partition coefficient (Wildman–Crippen LogP) is 3.79. The Hall–Kier alpha value is -2.95. The molecule has 5 nitrogen and oxygen atoms in total. The van der Waals surface area contributed by atoms with Crippen LogP contribution in [0.3, 0.4) is 0 Å². The van der Waals surface area contributed by atoms with Gasteiger partial charge in [0.05, 0.1) is 5.69 Å². The van der Waals surface area contributed by atoms with E-state index >= 15 is 0 Å².